The van der Waals surface area contributed by atoms with Crippen LogP contribution in [0.1, 0.15) is 26.3 Å². The molecule has 0 aliphatic heterocycles. The van der Waals surface area contributed by atoms with E-state index in [0.29, 0.717) is 21.8 Å². The van der Waals surface area contributed by atoms with Gasteiger partial charge >= 0.3 is 0 Å². The van der Waals surface area contributed by atoms with Gasteiger partial charge in [-0.25, -0.2) is 5.43 Å². The van der Waals surface area contributed by atoms with Crippen LogP contribution < -0.4 is 10.7 Å². The molecule has 0 fully saturated rings. The third-order valence-corrected chi connectivity index (χ3v) is 4.36. The fourth-order valence-corrected chi connectivity index (χ4v) is 2.63. The van der Waals surface area contributed by atoms with Gasteiger partial charge in [-0.05, 0) is 42.5 Å². The van der Waals surface area contributed by atoms with E-state index in [1.165, 1.54) is 42.6 Å². The van der Waals surface area contributed by atoms with Crippen molar-refractivity contribution in [3.05, 3.63) is 105 Å². The molecule has 150 valence electrons. The van der Waals surface area contributed by atoms with E-state index in [9.17, 15) is 19.7 Å². The molecule has 0 saturated heterocycles. The maximum absolute atomic E-state index is 12.2. The molecule has 2 amide bonds. The smallest absolute Gasteiger partial charge is 0.271 e. The molecule has 0 aliphatic rings. The van der Waals surface area contributed by atoms with E-state index in [4.69, 9.17) is 11.6 Å². The van der Waals surface area contributed by atoms with Gasteiger partial charge in [0.25, 0.3) is 17.5 Å². The number of nitro groups is 1. The number of anilines is 1. The van der Waals surface area contributed by atoms with Crippen molar-refractivity contribution in [1.82, 2.24) is 5.43 Å². The van der Waals surface area contributed by atoms with Crippen LogP contribution in [-0.4, -0.2) is 23.0 Å². The number of nitrogens with zero attached hydrogens (tertiary/aromatic N) is 2. The normalized spacial score (nSPS) is 10.6. The Kier molecular flexibility index (Phi) is 6.51. The predicted molar refractivity (Wildman–Crippen MR) is 114 cm³/mol. The molecule has 3 aromatic rings. The number of rotatable bonds is 6. The summed E-state index contributed by atoms with van der Waals surface area (Å²) in [6.07, 6.45) is 1.44. The Morgan fingerprint density at radius 1 is 0.900 bits per heavy atom. The highest BCUT2D eigenvalue weighted by molar-refractivity contribution is 6.33. The first-order valence-electron chi connectivity index (χ1n) is 8.68. The first-order chi connectivity index (χ1) is 14.4. The summed E-state index contributed by atoms with van der Waals surface area (Å²) in [5.41, 5.74) is 4.07. The fraction of sp³-hybridized carbons (Fsp3) is 0. The molecular formula is C21H15ClN4O4. The minimum absolute atomic E-state index is 0.0980. The lowest BCUT2D eigenvalue weighted by atomic mass is 10.1. The molecule has 9 heteroatoms. The minimum atomic E-state index is -0.538. The third-order valence-electron chi connectivity index (χ3n) is 4.02. The van der Waals surface area contributed by atoms with E-state index in [-0.39, 0.29) is 11.3 Å². The number of benzene rings is 3. The molecule has 0 radical (unpaired) electrons. The molecule has 30 heavy (non-hydrogen) atoms. The number of amides is 2. The van der Waals surface area contributed by atoms with Crippen molar-refractivity contribution in [2.75, 3.05) is 5.32 Å². The highest BCUT2D eigenvalue weighted by Gasteiger charge is 2.10. The Labute approximate surface area is 176 Å². The Bertz CT molecular complexity index is 1110. The van der Waals surface area contributed by atoms with Crippen LogP contribution in [0.2, 0.25) is 5.02 Å². The van der Waals surface area contributed by atoms with Gasteiger partial charge in [-0.3, -0.25) is 19.7 Å². The summed E-state index contributed by atoms with van der Waals surface area (Å²) in [5, 5.41) is 17.7. The number of hydrogen-bond acceptors (Lipinski definition) is 5. The van der Waals surface area contributed by atoms with E-state index in [1.54, 1.807) is 36.4 Å². The maximum atomic E-state index is 12.2. The maximum Gasteiger partial charge on any atom is 0.271 e. The molecule has 0 spiro atoms. The number of carbonyl (C=O) groups is 2. The second kappa shape index (κ2) is 9.44. The van der Waals surface area contributed by atoms with Crippen LogP contribution >= 0.6 is 11.6 Å². The summed E-state index contributed by atoms with van der Waals surface area (Å²) in [4.78, 5) is 34.5. The molecular weight excluding hydrogens is 408 g/mol. The van der Waals surface area contributed by atoms with Gasteiger partial charge in [0, 0.05) is 39.5 Å². The number of hydrogen-bond donors (Lipinski definition) is 2. The SMILES string of the molecule is O=C(NN=Cc1ccccc1Cl)c1ccc(NC(=O)c2ccc([N+](=O)[O-])cc2)cc1. The molecule has 0 aliphatic carbocycles. The lowest BCUT2D eigenvalue weighted by Gasteiger charge is -2.06. The highest BCUT2D eigenvalue weighted by Crippen LogP contribution is 2.15. The van der Waals surface area contributed by atoms with Crippen molar-refractivity contribution in [3.63, 3.8) is 0 Å². The van der Waals surface area contributed by atoms with Gasteiger partial charge in [0.05, 0.1) is 11.1 Å². The molecule has 2 N–H and O–H groups in total. The molecule has 0 atom stereocenters. The Hall–Kier alpha value is -4.04. The summed E-state index contributed by atoms with van der Waals surface area (Å²) in [5.74, 6) is -0.849. The van der Waals surface area contributed by atoms with E-state index >= 15 is 0 Å². The molecule has 0 bridgehead atoms. The zero-order valence-corrected chi connectivity index (χ0v) is 16.2. The average Bonchev–Trinajstić information content (AvgIpc) is 2.75. The quantitative estimate of drug-likeness (QED) is 0.351. The number of non-ortho nitro benzene ring substituents is 1. The summed E-state index contributed by atoms with van der Waals surface area (Å²) in [6, 6.07) is 18.5. The van der Waals surface area contributed by atoms with Crippen LogP contribution in [0.4, 0.5) is 11.4 Å². The van der Waals surface area contributed by atoms with Gasteiger partial charge in [-0.1, -0.05) is 29.8 Å². The lowest BCUT2D eigenvalue weighted by molar-refractivity contribution is -0.384. The van der Waals surface area contributed by atoms with Crippen LogP contribution in [0.15, 0.2) is 77.9 Å². The lowest BCUT2D eigenvalue weighted by Crippen LogP contribution is -2.18. The van der Waals surface area contributed by atoms with Gasteiger partial charge in [-0.15, -0.1) is 0 Å². The third kappa shape index (κ3) is 5.27. The zero-order valence-electron chi connectivity index (χ0n) is 15.4. The van der Waals surface area contributed by atoms with Crippen molar-refractivity contribution in [2.45, 2.75) is 0 Å². The van der Waals surface area contributed by atoms with E-state index in [0.717, 1.165) is 0 Å². The molecule has 8 nitrogen and oxygen atoms in total. The molecule has 0 heterocycles. The first-order valence-corrected chi connectivity index (χ1v) is 9.05. The molecule has 0 saturated carbocycles. The van der Waals surface area contributed by atoms with Gasteiger partial charge in [0.1, 0.15) is 0 Å². The number of halogens is 1. The second-order valence-corrected chi connectivity index (χ2v) is 6.46. The summed E-state index contributed by atoms with van der Waals surface area (Å²) in [6.45, 7) is 0. The highest BCUT2D eigenvalue weighted by atomic mass is 35.5. The number of nitro benzene ring substituents is 1. The standard InChI is InChI=1S/C21H15ClN4O4/c22-19-4-2-1-3-16(19)13-23-25-21(28)15-5-9-17(10-6-15)24-20(27)14-7-11-18(12-8-14)26(29)30/h1-13H,(H,24,27)(H,25,28). The Morgan fingerprint density at radius 3 is 2.13 bits per heavy atom. The van der Waals surface area contributed by atoms with Crippen LogP contribution in [0.3, 0.4) is 0 Å². The number of nitrogens with one attached hydrogen (secondary N) is 2. The van der Waals surface area contributed by atoms with Crippen LogP contribution in [0.5, 0.6) is 0 Å². The summed E-state index contributed by atoms with van der Waals surface area (Å²) >= 11 is 6.01. The molecule has 0 aromatic heterocycles. The van der Waals surface area contributed by atoms with Gasteiger partial charge < -0.3 is 5.32 Å². The summed E-state index contributed by atoms with van der Waals surface area (Å²) in [7, 11) is 0. The molecule has 0 unspecified atom stereocenters. The Morgan fingerprint density at radius 2 is 1.50 bits per heavy atom. The Balaban J connectivity index is 1.58. The van der Waals surface area contributed by atoms with Crippen molar-refractivity contribution in [3.8, 4) is 0 Å². The molecule has 3 aromatic carbocycles. The minimum Gasteiger partial charge on any atom is -0.322 e. The van der Waals surface area contributed by atoms with Crippen LogP contribution in [-0.2, 0) is 0 Å². The van der Waals surface area contributed by atoms with Crippen molar-refractivity contribution < 1.29 is 14.5 Å². The van der Waals surface area contributed by atoms with Gasteiger partial charge in [0.15, 0.2) is 0 Å². The molecule has 3 rings (SSSR count). The van der Waals surface area contributed by atoms with E-state index < -0.39 is 16.7 Å². The number of hydrazone groups is 1. The predicted octanol–water partition coefficient (Wildman–Crippen LogP) is 4.26. The van der Waals surface area contributed by atoms with Gasteiger partial charge in [0.2, 0.25) is 0 Å². The number of carbonyl (C=O) groups excluding carboxylic acids is 2. The second-order valence-electron chi connectivity index (χ2n) is 6.06. The van der Waals surface area contributed by atoms with Gasteiger partial charge in [-0.2, -0.15) is 5.10 Å². The monoisotopic (exact) mass is 422 g/mol. The average molecular weight is 423 g/mol. The zero-order chi connectivity index (χ0) is 21.5. The van der Waals surface area contributed by atoms with Crippen molar-refractivity contribution in [2.24, 2.45) is 5.10 Å². The largest absolute Gasteiger partial charge is 0.322 e. The van der Waals surface area contributed by atoms with Crippen molar-refractivity contribution in [1.29, 1.82) is 0 Å². The first kappa shape index (κ1) is 20.7. The van der Waals surface area contributed by atoms with E-state index in [2.05, 4.69) is 15.8 Å². The van der Waals surface area contributed by atoms with Crippen molar-refractivity contribution >= 4 is 41.0 Å². The van der Waals surface area contributed by atoms with Crippen LogP contribution in [0.25, 0.3) is 0 Å². The van der Waals surface area contributed by atoms with Crippen LogP contribution in [0, 0.1) is 10.1 Å². The van der Waals surface area contributed by atoms with E-state index in [1.807, 2.05) is 0 Å². The fourth-order valence-electron chi connectivity index (χ4n) is 2.45. The summed E-state index contributed by atoms with van der Waals surface area (Å²) < 4.78 is 0. The topological polar surface area (TPSA) is 114 Å².